The maximum absolute atomic E-state index is 13.7. The third kappa shape index (κ3) is 5.38. The molecule has 2 unspecified atom stereocenters. The molecule has 0 radical (unpaired) electrons. The molecule has 35 heavy (non-hydrogen) atoms. The van der Waals surface area contributed by atoms with E-state index in [0.29, 0.717) is 18.4 Å². The number of amides is 1. The number of rotatable bonds is 10. The summed E-state index contributed by atoms with van der Waals surface area (Å²) >= 11 is 0. The van der Waals surface area contributed by atoms with Gasteiger partial charge in [-0.05, 0) is 54.7 Å². The molecule has 0 aromatic carbocycles. The molecule has 0 spiro atoms. The van der Waals surface area contributed by atoms with E-state index in [0.717, 1.165) is 43.3 Å². The highest BCUT2D eigenvalue weighted by molar-refractivity contribution is 5.95. The van der Waals surface area contributed by atoms with Gasteiger partial charge in [0.1, 0.15) is 5.82 Å². The molecule has 8 heteroatoms. The number of aromatic nitrogens is 3. The van der Waals surface area contributed by atoms with Crippen LogP contribution in [0, 0.1) is 17.3 Å². The van der Waals surface area contributed by atoms with E-state index in [1.807, 2.05) is 36.1 Å². The smallest absolute Gasteiger partial charge is 0.241 e. The predicted octanol–water partition coefficient (Wildman–Crippen LogP) is 3.74. The molecule has 1 aliphatic heterocycles. The van der Waals surface area contributed by atoms with Crippen LogP contribution in [0.3, 0.4) is 0 Å². The van der Waals surface area contributed by atoms with Gasteiger partial charge in [0.05, 0.1) is 36.3 Å². The molecule has 2 N–H and O–H groups in total. The van der Waals surface area contributed by atoms with Crippen molar-refractivity contribution >= 4 is 17.4 Å². The fraction of sp³-hybridized carbons (Fsp3) is 0.667. The number of anilines is 2. The highest BCUT2D eigenvalue weighted by atomic mass is 16.5. The maximum atomic E-state index is 13.7. The number of ether oxygens (including phenoxy) is 1. The Balaban J connectivity index is 1.30. The summed E-state index contributed by atoms with van der Waals surface area (Å²) in [6, 6.07) is 5.76. The second kappa shape index (κ2) is 10.3. The molecule has 3 aliphatic rings. The Morgan fingerprint density at radius 1 is 1.29 bits per heavy atom. The minimum absolute atomic E-state index is 0.0455. The minimum Gasteiger partial charge on any atom is -0.375 e. The van der Waals surface area contributed by atoms with Crippen LogP contribution in [0.1, 0.15) is 58.1 Å². The molecule has 3 heterocycles. The number of aryl methyl sites for hydroxylation is 1. The van der Waals surface area contributed by atoms with Crippen molar-refractivity contribution in [3.63, 3.8) is 0 Å². The van der Waals surface area contributed by atoms with E-state index >= 15 is 0 Å². The van der Waals surface area contributed by atoms with Crippen LogP contribution in [0.15, 0.2) is 30.6 Å². The number of hydrogen-bond donors (Lipinski definition) is 2. The van der Waals surface area contributed by atoms with Crippen molar-refractivity contribution in [3.8, 4) is 0 Å². The van der Waals surface area contributed by atoms with Gasteiger partial charge in [-0.3, -0.25) is 14.8 Å². The summed E-state index contributed by atoms with van der Waals surface area (Å²) in [7, 11) is 1.95. The van der Waals surface area contributed by atoms with Crippen LogP contribution >= 0.6 is 0 Å². The lowest BCUT2D eigenvalue weighted by atomic mass is 9.66. The van der Waals surface area contributed by atoms with Gasteiger partial charge in [-0.1, -0.05) is 33.1 Å². The third-order valence-electron chi connectivity index (χ3n) is 8.50. The topological polar surface area (TPSA) is 84.3 Å². The van der Waals surface area contributed by atoms with Gasteiger partial charge in [-0.2, -0.15) is 5.10 Å². The fourth-order valence-electron chi connectivity index (χ4n) is 5.79. The molecule has 2 aromatic heterocycles. The molecule has 3 atom stereocenters. The molecular formula is C27H40N6O2. The number of carbonyl (C=O) groups excluding carboxylic acids is 1. The SMILES string of the molecule is CCC1CN(c2ccc(NC(=O)[C@@H](NCc3ccnn3C)C(C3CCC3)C3(C)CC3)cn2)CCO1. The summed E-state index contributed by atoms with van der Waals surface area (Å²) in [4.78, 5) is 20.7. The van der Waals surface area contributed by atoms with Crippen molar-refractivity contribution in [2.24, 2.45) is 24.3 Å². The van der Waals surface area contributed by atoms with Crippen LogP contribution < -0.4 is 15.5 Å². The summed E-state index contributed by atoms with van der Waals surface area (Å²) in [5, 5.41) is 11.1. The van der Waals surface area contributed by atoms with Crippen molar-refractivity contribution in [2.75, 3.05) is 29.9 Å². The summed E-state index contributed by atoms with van der Waals surface area (Å²) < 4.78 is 7.66. The van der Waals surface area contributed by atoms with Gasteiger partial charge in [0.25, 0.3) is 0 Å². The lowest BCUT2D eigenvalue weighted by molar-refractivity contribution is -0.121. The van der Waals surface area contributed by atoms with Gasteiger partial charge in [0.15, 0.2) is 0 Å². The van der Waals surface area contributed by atoms with Crippen LogP contribution in [-0.2, 0) is 23.1 Å². The summed E-state index contributed by atoms with van der Waals surface area (Å²) in [6.07, 6.45) is 11.0. The first-order valence-electron chi connectivity index (χ1n) is 13.3. The van der Waals surface area contributed by atoms with Gasteiger partial charge in [-0.15, -0.1) is 0 Å². The third-order valence-corrected chi connectivity index (χ3v) is 8.50. The minimum atomic E-state index is -0.244. The predicted molar refractivity (Wildman–Crippen MR) is 137 cm³/mol. The zero-order valence-corrected chi connectivity index (χ0v) is 21.4. The molecular weight excluding hydrogens is 440 g/mol. The van der Waals surface area contributed by atoms with Crippen LogP contribution in [0.25, 0.3) is 0 Å². The standard InChI is InChI=1S/C27H40N6O2/c1-4-22-18-33(14-15-35-22)23-9-8-20(16-28-23)31-26(34)25(29-17-21-10-13-30-32(21)3)24(19-6-5-7-19)27(2)11-12-27/h8-10,13,16,19,22,24-25,29H,4-7,11-12,14-15,17-18H2,1-3H3,(H,31,34)/t22?,24?,25-/m0/s1. The Bertz CT molecular complexity index is 997. The Labute approximate surface area is 208 Å². The first-order valence-corrected chi connectivity index (χ1v) is 13.3. The second-order valence-corrected chi connectivity index (χ2v) is 10.9. The van der Waals surface area contributed by atoms with E-state index in [1.165, 1.54) is 32.1 Å². The maximum Gasteiger partial charge on any atom is 0.241 e. The number of nitrogens with zero attached hydrogens (tertiary/aromatic N) is 4. The first-order chi connectivity index (χ1) is 17.0. The van der Waals surface area contributed by atoms with E-state index in [-0.39, 0.29) is 23.5 Å². The Kier molecular flexibility index (Phi) is 7.12. The summed E-state index contributed by atoms with van der Waals surface area (Å²) in [5.41, 5.74) is 2.08. The van der Waals surface area contributed by atoms with Gasteiger partial charge in [0, 0.05) is 32.9 Å². The normalized spacial score (nSPS) is 23.4. The lowest BCUT2D eigenvalue weighted by Crippen LogP contribution is -2.52. The molecule has 2 aromatic rings. The van der Waals surface area contributed by atoms with Crippen molar-refractivity contribution in [1.29, 1.82) is 0 Å². The average Bonchev–Trinajstić information content (AvgIpc) is 3.46. The van der Waals surface area contributed by atoms with Crippen LogP contribution in [0.5, 0.6) is 0 Å². The van der Waals surface area contributed by atoms with Crippen molar-refractivity contribution in [3.05, 3.63) is 36.3 Å². The monoisotopic (exact) mass is 480 g/mol. The van der Waals surface area contributed by atoms with Crippen LogP contribution in [-0.4, -0.2) is 52.5 Å². The molecule has 8 nitrogen and oxygen atoms in total. The van der Waals surface area contributed by atoms with Crippen LogP contribution in [0.4, 0.5) is 11.5 Å². The van der Waals surface area contributed by atoms with E-state index in [2.05, 4.69) is 39.5 Å². The van der Waals surface area contributed by atoms with E-state index < -0.39 is 0 Å². The zero-order valence-electron chi connectivity index (χ0n) is 21.4. The number of carbonyl (C=O) groups is 1. The lowest BCUT2D eigenvalue weighted by Gasteiger charge is -2.42. The summed E-state index contributed by atoms with van der Waals surface area (Å²) in [5.74, 6) is 1.94. The zero-order chi connectivity index (χ0) is 24.4. The van der Waals surface area contributed by atoms with Gasteiger partial charge in [-0.25, -0.2) is 4.98 Å². The number of pyridine rings is 1. The Hall–Kier alpha value is -2.45. The van der Waals surface area contributed by atoms with Crippen molar-refractivity contribution in [1.82, 2.24) is 20.1 Å². The quantitative estimate of drug-likeness (QED) is 0.539. The molecule has 1 saturated heterocycles. The Morgan fingerprint density at radius 2 is 2.11 bits per heavy atom. The fourth-order valence-corrected chi connectivity index (χ4v) is 5.79. The molecule has 190 valence electrons. The molecule has 2 saturated carbocycles. The average molecular weight is 481 g/mol. The molecule has 5 rings (SSSR count). The molecule has 2 aliphatic carbocycles. The number of nitrogens with one attached hydrogen (secondary N) is 2. The van der Waals surface area contributed by atoms with Crippen molar-refractivity contribution < 1.29 is 9.53 Å². The molecule has 0 bridgehead atoms. The summed E-state index contributed by atoms with van der Waals surface area (Å²) in [6.45, 7) is 7.57. The van der Waals surface area contributed by atoms with Crippen molar-refractivity contribution in [2.45, 2.75) is 71.1 Å². The van der Waals surface area contributed by atoms with Crippen LogP contribution in [0.2, 0.25) is 0 Å². The molecule has 1 amide bonds. The van der Waals surface area contributed by atoms with E-state index in [4.69, 9.17) is 4.74 Å². The Morgan fingerprint density at radius 3 is 2.71 bits per heavy atom. The van der Waals surface area contributed by atoms with E-state index in [9.17, 15) is 4.79 Å². The number of hydrogen-bond acceptors (Lipinski definition) is 6. The molecule has 3 fully saturated rings. The van der Waals surface area contributed by atoms with Gasteiger partial charge < -0.3 is 15.0 Å². The first kappa shape index (κ1) is 24.3. The number of morpholine rings is 1. The van der Waals surface area contributed by atoms with Gasteiger partial charge in [0.2, 0.25) is 5.91 Å². The largest absolute Gasteiger partial charge is 0.375 e. The van der Waals surface area contributed by atoms with Gasteiger partial charge >= 0.3 is 0 Å². The highest BCUT2D eigenvalue weighted by Crippen LogP contribution is 2.58. The second-order valence-electron chi connectivity index (χ2n) is 10.9. The highest BCUT2D eigenvalue weighted by Gasteiger charge is 2.53. The van der Waals surface area contributed by atoms with E-state index in [1.54, 1.807) is 6.20 Å².